The van der Waals surface area contributed by atoms with Crippen LogP contribution in [0.3, 0.4) is 0 Å². The van der Waals surface area contributed by atoms with Crippen molar-refractivity contribution in [1.82, 2.24) is 19.3 Å². The van der Waals surface area contributed by atoms with Crippen molar-refractivity contribution in [1.29, 1.82) is 0 Å². The van der Waals surface area contributed by atoms with E-state index in [1.54, 1.807) is 31.3 Å². The molecule has 2 rings (SSSR count). The SMILES string of the molecule is CCCCCN(Cc1cccn1Cc1cccc(C(F)(F)F)c1)C(=O)CN(CC)C(=O)N(C)C. The minimum Gasteiger partial charge on any atom is -0.345 e. The number of nitrogens with zero attached hydrogens (tertiary/aromatic N) is 4. The van der Waals surface area contributed by atoms with Gasteiger partial charge >= 0.3 is 12.2 Å². The van der Waals surface area contributed by atoms with Crippen molar-refractivity contribution in [3.8, 4) is 0 Å². The molecule has 0 aliphatic carbocycles. The van der Waals surface area contributed by atoms with Gasteiger partial charge in [-0.3, -0.25) is 4.79 Å². The second-order valence-corrected chi connectivity index (χ2v) is 8.54. The van der Waals surface area contributed by atoms with E-state index >= 15 is 0 Å². The molecule has 188 valence electrons. The molecule has 0 saturated heterocycles. The monoisotopic (exact) mass is 480 g/mol. The van der Waals surface area contributed by atoms with Gasteiger partial charge in [0.05, 0.1) is 12.1 Å². The molecule has 0 unspecified atom stereocenters. The van der Waals surface area contributed by atoms with Crippen molar-refractivity contribution >= 4 is 11.9 Å². The minimum atomic E-state index is -4.40. The Kier molecular flexibility index (Phi) is 10.0. The summed E-state index contributed by atoms with van der Waals surface area (Å²) in [5.74, 6) is -0.153. The molecule has 6 nitrogen and oxygen atoms in total. The number of likely N-dealkylation sites (N-methyl/N-ethyl adjacent to an activating group) is 1. The molecule has 0 N–H and O–H groups in total. The number of benzene rings is 1. The van der Waals surface area contributed by atoms with E-state index in [9.17, 15) is 22.8 Å². The highest BCUT2D eigenvalue weighted by Crippen LogP contribution is 2.29. The zero-order chi connectivity index (χ0) is 25.3. The smallest absolute Gasteiger partial charge is 0.345 e. The number of halogens is 3. The third kappa shape index (κ3) is 7.81. The van der Waals surface area contributed by atoms with Crippen molar-refractivity contribution in [2.75, 3.05) is 33.7 Å². The van der Waals surface area contributed by atoms with Gasteiger partial charge in [0.15, 0.2) is 0 Å². The third-order valence-electron chi connectivity index (χ3n) is 5.63. The molecule has 0 bridgehead atoms. The summed E-state index contributed by atoms with van der Waals surface area (Å²) in [6.07, 6.45) is 0.229. The van der Waals surface area contributed by atoms with E-state index in [2.05, 4.69) is 6.92 Å². The van der Waals surface area contributed by atoms with Crippen LogP contribution in [0.5, 0.6) is 0 Å². The zero-order valence-electron chi connectivity index (χ0n) is 20.4. The quantitative estimate of drug-likeness (QED) is 0.421. The van der Waals surface area contributed by atoms with Gasteiger partial charge in [0.25, 0.3) is 0 Å². The van der Waals surface area contributed by atoms with Gasteiger partial charge in [-0.2, -0.15) is 13.2 Å². The molecule has 0 spiro atoms. The predicted octanol–water partition coefficient (Wildman–Crippen LogP) is 5.08. The Morgan fingerprint density at radius 3 is 2.35 bits per heavy atom. The second kappa shape index (κ2) is 12.5. The molecule has 3 amide bonds. The Hall–Kier alpha value is -2.97. The molecule has 2 aromatic rings. The van der Waals surface area contributed by atoms with Gasteiger partial charge in [0, 0.05) is 45.6 Å². The third-order valence-corrected chi connectivity index (χ3v) is 5.63. The summed E-state index contributed by atoms with van der Waals surface area (Å²) in [6, 6.07) is 8.75. The Balaban J connectivity index is 2.19. The summed E-state index contributed by atoms with van der Waals surface area (Å²) in [4.78, 5) is 30.2. The molecule has 0 radical (unpaired) electrons. The molecule has 0 fully saturated rings. The van der Waals surface area contributed by atoms with Gasteiger partial charge in [-0.15, -0.1) is 0 Å². The van der Waals surface area contributed by atoms with Crippen LogP contribution in [0.2, 0.25) is 0 Å². The van der Waals surface area contributed by atoms with Crippen LogP contribution in [0.1, 0.15) is 49.9 Å². The van der Waals surface area contributed by atoms with Crippen molar-refractivity contribution < 1.29 is 22.8 Å². The number of aromatic nitrogens is 1. The van der Waals surface area contributed by atoms with Crippen molar-refractivity contribution in [2.45, 2.75) is 52.4 Å². The first-order valence-corrected chi connectivity index (χ1v) is 11.6. The number of hydrogen-bond acceptors (Lipinski definition) is 2. The van der Waals surface area contributed by atoms with E-state index in [1.165, 1.54) is 15.9 Å². The summed E-state index contributed by atoms with van der Waals surface area (Å²) in [5, 5.41) is 0. The number of carbonyl (C=O) groups excluding carboxylic acids is 2. The predicted molar refractivity (Wildman–Crippen MR) is 126 cm³/mol. The van der Waals surface area contributed by atoms with Crippen LogP contribution in [0.15, 0.2) is 42.6 Å². The first-order chi connectivity index (χ1) is 16.1. The average molecular weight is 481 g/mol. The number of amides is 3. The van der Waals surface area contributed by atoms with Crippen LogP contribution in [0, 0.1) is 0 Å². The standard InChI is InChI=1S/C25H35F3N4O2/c1-5-7-8-14-32(23(33)19-30(6-2)24(34)29(3)4)18-22-13-10-15-31(22)17-20-11-9-12-21(16-20)25(26,27)28/h9-13,15-16H,5-8,14,17-19H2,1-4H3. The van der Waals surface area contributed by atoms with Gasteiger partial charge in [-0.05, 0) is 43.2 Å². The highest BCUT2D eigenvalue weighted by atomic mass is 19.4. The lowest BCUT2D eigenvalue weighted by molar-refractivity contribution is -0.137. The highest BCUT2D eigenvalue weighted by Gasteiger charge is 2.30. The Labute approximate surface area is 199 Å². The number of rotatable bonds is 11. The minimum absolute atomic E-state index is 0.0199. The van der Waals surface area contributed by atoms with Crippen LogP contribution >= 0.6 is 0 Å². The second-order valence-electron chi connectivity index (χ2n) is 8.54. The summed E-state index contributed by atoms with van der Waals surface area (Å²) in [7, 11) is 3.30. The van der Waals surface area contributed by atoms with Gasteiger partial charge < -0.3 is 19.3 Å². The fourth-order valence-corrected chi connectivity index (χ4v) is 3.69. The van der Waals surface area contributed by atoms with Gasteiger partial charge in [0.2, 0.25) is 5.91 Å². The molecular formula is C25H35F3N4O2. The molecular weight excluding hydrogens is 445 g/mol. The molecule has 9 heteroatoms. The maximum absolute atomic E-state index is 13.2. The van der Waals surface area contributed by atoms with E-state index in [-0.39, 0.29) is 25.0 Å². The Morgan fingerprint density at radius 1 is 1.00 bits per heavy atom. The lowest BCUT2D eigenvalue weighted by Crippen LogP contribution is -2.46. The molecule has 0 aliphatic heterocycles. The lowest BCUT2D eigenvalue weighted by Gasteiger charge is -2.29. The van der Waals surface area contributed by atoms with Crippen LogP contribution < -0.4 is 0 Å². The summed E-state index contributed by atoms with van der Waals surface area (Å²) >= 11 is 0. The molecule has 1 aromatic carbocycles. The van der Waals surface area contributed by atoms with Gasteiger partial charge in [-0.1, -0.05) is 31.9 Å². The normalized spacial score (nSPS) is 11.4. The number of hydrogen-bond donors (Lipinski definition) is 0. The summed E-state index contributed by atoms with van der Waals surface area (Å²) in [6.45, 7) is 5.45. The van der Waals surface area contributed by atoms with Crippen LogP contribution in [0.25, 0.3) is 0 Å². The van der Waals surface area contributed by atoms with Crippen LogP contribution in [-0.4, -0.2) is 64.9 Å². The molecule has 34 heavy (non-hydrogen) atoms. The van der Waals surface area contributed by atoms with E-state index < -0.39 is 11.7 Å². The van der Waals surface area contributed by atoms with Crippen molar-refractivity contribution in [3.63, 3.8) is 0 Å². The fraction of sp³-hybridized carbons (Fsp3) is 0.520. The van der Waals surface area contributed by atoms with Crippen molar-refractivity contribution in [2.24, 2.45) is 0 Å². The zero-order valence-corrected chi connectivity index (χ0v) is 20.4. The highest BCUT2D eigenvalue weighted by molar-refractivity contribution is 5.84. The number of unbranched alkanes of at least 4 members (excludes halogenated alkanes) is 2. The first-order valence-electron chi connectivity index (χ1n) is 11.6. The topological polar surface area (TPSA) is 48.8 Å². The maximum atomic E-state index is 13.2. The average Bonchev–Trinajstić information content (AvgIpc) is 3.22. The number of alkyl halides is 3. The van der Waals surface area contributed by atoms with E-state index in [4.69, 9.17) is 0 Å². The van der Waals surface area contributed by atoms with Crippen molar-refractivity contribution in [3.05, 3.63) is 59.4 Å². The molecule has 1 aromatic heterocycles. The molecule has 0 aliphatic rings. The van der Waals surface area contributed by atoms with E-state index in [1.807, 2.05) is 23.6 Å². The summed E-state index contributed by atoms with van der Waals surface area (Å²) < 4.78 is 41.1. The maximum Gasteiger partial charge on any atom is 0.416 e. The number of carbonyl (C=O) groups is 2. The largest absolute Gasteiger partial charge is 0.416 e. The lowest BCUT2D eigenvalue weighted by atomic mass is 10.1. The molecule has 0 saturated carbocycles. The van der Waals surface area contributed by atoms with Gasteiger partial charge in [-0.25, -0.2) is 4.79 Å². The molecule has 1 heterocycles. The number of urea groups is 1. The van der Waals surface area contributed by atoms with E-state index in [0.29, 0.717) is 25.2 Å². The molecule has 0 atom stereocenters. The van der Waals surface area contributed by atoms with E-state index in [0.717, 1.165) is 37.1 Å². The first kappa shape index (κ1) is 27.3. The van der Waals surface area contributed by atoms with Crippen LogP contribution in [-0.2, 0) is 24.1 Å². The Bertz CT molecular complexity index is 940. The van der Waals surface area contributed by atoms with Crippen LogP contribution in [0.4, 0.5) is 18.0 Å². The Morgan fingerprint density at radius 2 is 1.74 bits per heavy atom. The fourth-order valence-electron chi connectivity index (χ4n) is 3.69. The van der Waals surface area contributed by atoms with Gasteiger partial charge in [0.1, 0.15) is 6.54 Å². The summed E-state index contributed by atoms with van der Waals surface area (Å²) in [5.41, 5.74) is 0.675.